The minimum atomic E-state index is 0.591. The summed E-state index contributed by atoms with van der Waals surface area (Å²) in [6.45, 7) is 1.96. The van der Waals surface area contributed by atoms with Crippen LogP contribution in [0.15, 0.2) is 30.5 Å². The topological polar surface area (TPSA) is 67.7 Å². The van der Waals surface area contributed by atoms with Crippen molar-refractivity contribution in [3.63, 3.8) is 0 Å². The number of rotatable bonds is 3. The van der Waals surface area contributed by atoms with Crippen LogP contribution in [0.2, 0.25) is 0 Å². The van der Waals surface area contributed by atoms with E-state index in [1.165, 1.54) is 0 Å². The average molecular weight is 268 g/mol. The molecule has 3 aromatic rings. The molecule has 0 bridgehead atoms. The number of anilines is 3. The lowest BCUT2D eigenvalue weighted by Gasteiger charge is -2.09. The largest absolute Gasteiger partial charge is 0.357 e. The lowest BCUT2D eigenvalue weighted by molar-refractivity contribution is 0.756. The second kappa shape index (κ2) is 4.80. The molecule has 0 unspecified atom stereocenters. The predicted octanol–water partition coefficient (Wildman–Crippen LogP) is 2.46. The first kappa shape index (κ1) is 12.4. The Morgan fingerprint density at radius 2 is 1.95 bits per heavy atom. The van der Waals surface area contributed by atoms with E-state index in [1.54, 1.807) is 4.68 Å². The number of nitrogens with zero attached hydrogens (tertiary/aromatic N) is 4. The number of aromatic nitrogens is 4. The Morgan fingerprint density at radius 3 is 2.65 bits per heavy atom. The highest BCUT2D eigenvalue weighted by atomic mass is 15.3. The van der Waals surface area contributed by atoms with E-state index in [4.69, 9.17) is 0 Å². The third-order valence-electron chi connectivity index (χ3n) is 3.09. The molecule has 0 aliphatic heterocycles. The zero-order valence-corrected chi connectivity index (χ0v) is 11.7. The van der Waals surface area contributed by atoms with Crippen molar-refractivity contribution in [2.45, 2.75) is 6.92 Å². The molecule has 6 nitrogen and oxygen atoms in total. The number of benzene rings is 1. The van der Waals surface area contributed by atoms with E-state index in [9.17, 15) is 0 Å². The Morgan fingerprint density at radius 1 is 1.15 bits per heavy atom. The fourth-order valence-electron chi connectivity index (χ4n) is 2.13. The SMILES string of the molecule is CNc1nc(Nc2cn(C)nc2C)c2ccccc2n1. The quantitative estimate of drug-likeness (QED) is 0.763. The van der Waals surface area contributed by atoms with Crippen LogP contribution < -0.4 is 10.6 Å². The maximum Gasteiger partial charge on any atom is 0.224 e. The van der Waals surface area contributed by atoms with Gasteiger partial charge in [0.05, 0.1) is 16.9 Å². The number of hydrogen-bond acceptors (Lipinski definition) is 5. The molecule has 0 saturated heterocycles. The van der Waals surface area contributed by atoms with E-state index in [0.29, 0.717) is 5.95 Å². The molecule has 1 aromatic carbocycles. The van der Waals surface area contributed by atoms with Crippen molar-refractivity contribution in [1.29, 1.82) is 0 Å². The molecule has 0 saturated carbocycles. The summed E-state index contributed by atoms with van der Waals surface area (Å²) in [6, 6.07) is 7.92. The van der Waals surface area contributed by atoms with E-state index in [2.05, 4.69) is 25.7 Å². The van der Waals surface area contributed by atoms with Crippen molar-refractivity contribution in [2.24, 2.45) is 7.05 Å². The third kappa shape index (κ3) is 2.16. The Labute approximate surface area is 116 Å². The van der Waals surface area contributed by atoms with Gasteiger partial charge in [0.2, 0.25) is 5.95 Å². The highest BCUT2D eigenvalue weighted by molar-refractivity contribution is 5.91. The molecule has 0 fully saturated rings. The molecule has 2 heterocycles. The number of nitrogens with one attached hydrogen (secondary N) is 2. The highest BCUT2D eigenvalue weighted by Gasteiger charge is 2.09. The minimum absolute atomic E-state index is 0.591. The lowest BCUT2D eigenvalue weighted by Crippen LogP contribution is -2.02. The molecule has 2 aromatic heterocycles. The summed E-state index contributed by atoms with van der Waals surface area (Å²) in [5.41, 5.74) is 2.77. The first-order valence-corrected chi connectivity index (χ1v) is 6.39. The van der Waals surface area contributed by atoms with Crippen LogP contribution in [0.25, 0.3) is 10.9 Å². The van der Waals surface area contributed by atoms with Gasteiger partial charge in [-0.2, -0.15) is 10.1 Å². The van der Waals surface area contributed by atoms with Crippen molar-refractivity contribution in [1.82, 2.24) is 19.7 Å². The first-order chi connectivity index (χ1) is 9.67. The van der Waals surface area contributed by atoms with Crippen LogP contribution in [0.3, 0.4) is 0 Å². The smallest absolute Gasteiger partial charge is 0.224 e. The molecule has 2 N–H and O–H groups in total. The Kier molecular flexibility index (Phi) is 2.98. The zero-order chi connectivity index (χ0) is 14.1. The van der Waals surface area contributed by atoms with Crippen LogP contribution in [0.5, 0.6) is 0 Å². The van der Waals surface area contributed by atoms with E-state index in [1.807, 2.05) is 51.5 Å². The van der Waals surface area contributed by atoms with Gasteiger partial charge in [-0.05, 0) is 19.1 Å². The summed E-state index contributed by atoms with van der Waals surface area (Å²) >= 11 is 0. The molecule has 3 rings (SSSR count). The number of para-hydroxylation sites is 1. The van der Waals surface area contributed by atoms with Gasteiger partial charge in [0.25, 0.3) is 0 Å². The first-order valence-electron chi connectivity index (χ1n) is 6.39. The van der Waals surface area contributed by atoms with Crippen molar-refractivity contribution in [3.05, 3.63) is 36.2 Å². The second-order valence-corrected chi connectivity index (χ2v) is 4.59. The van der Waals surface area contributed by atoms with Gasteiger partial charge < -0.3 is 10.6 Å². The summed E-state index contributed by atoms with van der Waals surface area (Å²) < 4.78 is 1.78. The number of hydrogen-bond donors (Lipinski definition) is 2. The fourth-order valence-corrected chi connectivity index (χ4v) is 2.13. The van der Waals surface area contributed by atoms with E-state index in [-0.39, 0.29) is 0 Å². The molecule has 0 spiro atoms. The molecular formula is C14H16N6. The van der Waals surface area contributed by atoms with Gasteiger partial charge in [-0.25, -0.2) is 4.98 Å². The lowest BCUT2D eigenvalue weighted by atomic mass is 10.2. The molecule has 20 heavy (non-hydrogen) atoms. The average Bonchev–Trinajstić information content (AvgIpc) is 2.76. The second-order valence-electron chi connectivity index (χ2n) is 4.59. The van der Waals surface area contributed by atoms with Crippen LogP contribution in [-0.4, -0.2) is 26.8 Å². The third-order valence-corrected chi connectivity index (χ3v) is 3.09. The number of fused-ring (bicyclic) bond motifs is 1. The Hall–Kier alpha value is -2.63. The molecule has 0 aliphatic carbocycles. The maximum atomic E-state index is 4.49. The predicted molar refractivity (Wildman–Crippen MR) is 80.3 cm³/mol. The summed E-state index contributed by atoms with van der Waals surface area (Å²) in [5.74, 6) is 1.36. The van der Waals surface area contributed by atoms with E-state index >= 15 is 0 Å². The monoisotopic (exact) mass is 268 g/mol. The standard InChI is InChI=1S/C14H16N6/c1-9-12(8-20(3)19-9)16-13-10-6-4-5-7-11(10)17-14(15-2)18-13/h4-8H,1-3H3,(H2,15,16,17,18). The summed E-state index contributed by atoms with van der Waals surface area (Å²) in [6.07, 6.45) is 1.94. The molecule has 6 heteroatoms. The van der Waals surface area contributed by atoms with Gasteiger partial charge in [0.15, 0.2) is 0 Å². The summed E-state index contributed by atoms with van der Waals surface area (Å²) in [7, 11) is 3.71. The van der Waals surface area contributed by atoms with Crippen molar-refractivity contribution < 1.29 is 0 Å². The Balaban J connectivity index is 2.12. The van der Waals surface area contributed by atoms with E-state index in [0.717, 1.165) is 28.1 Å². The van der Waals surface area contributed by atoms with Crippen LogP contribution in [0.4, 0.5) is 17.5 Å². The Bertz CT molecular complexity index is 761. The van der Waals surface area contributed by atoms with Crippen LogP contribution in [0, 0.1) is 6.92 Å². The van der Waals surface area contributed by atoms with Crippen LogP contribution in [-0.2, 0) is 7.05 Å². The van der Waals surface area contributed by atoms with E-state index < -0.39 is 0 Å². The summed E-state index contributed by atoms with van der Waals surface area (Å²) in [4.78, 5) is 8.94. The normalized spacial score (nSPS) is 10.8. The maximum absolute atomic E-state index is 4.49. The van der Waals surface area contributed by atoms with Crippen molar-refractivity contribution >= 4 is 28.4 Å². The zero-order valence-electron chi connectivity index (χ0n) is 11.7. The fraction of sp³-hybridized carbons (Fsp3) is 0.214. The molecule has 0 aliphatic rings. The molecule has 0 amide bonds. The van der Waals surface area contributed by atoms with Crippen molar-refractivity contribution in [2.75, 3.05) is 17.7 Å². The van der Waals surface area contributed by atoms with Gasteiger partial charge in [0.1, 0.15) is 5.82 Å². The van der Waals surface area contributed by atoms with Crippen molar-refractivity contribution in [3.8, 4) is 0 Å². The highest BCUT2D eigenvalue weighted by Crippen LogP contribution is 2.26. The van der Waals surface area contributed by atoms with Gasteiger partial charge >= 0.3 is 0 Å². The van der Waals surface area contributed by atoms with Crippen LogP contribution in [0.1, 0.15) is 5.69 Å². The van der Waals surface area contributed by atoms with Crippen LogP contribution >= 0.6 is 0 Å². The summed E-state index contributed by atoms with van der Waals surface area (Å²) in [5, 5.41) is 11.6. The molecule has 0 radical (unpaired) electrons. The van der Waals surface area contributed by atoms with Gasteiger partial charge in [-0.15, -0.1) is 0 Å². The molecule has 0 atom stereocenters. The van der Waals surface area contributed by atoms with Gasteiger partial charge in [-0.1, -0.05) is 12.1 Å². The number of aryl methyl sites for hydroxylation is 2. The minimum Gasteiger partial charge on any atom is -0.357 e. The molecular weight excluding hydrogens is 252 g/mol. The van der Waals surface area contributed by atoms with Gasteiger partial charge in [0, 0.05) is 25.7 Å². The molecule has 102 valence electrons. The van der Waals surface area contributed by atoms with Gasteiger partial charge in [-0.3, -0.25) is 4.68 Å².